The smallest absolute Gasteiger partial charge is 0.246 e. The molecular formula is C29H36N2O3. The van der Waals surface area contributed by atoms with Gasteiger partial charge in [-0.15, -0.1) is 0 Å². The average molecular weight is 461 g/mol. The lowest BCUT2D eigenvalue weighted by molar-refractivity contribution is -0.124. The Morgan fingerprint density at radius 3 is 2.62 bits per heavy atom. The van der Waals surface area contributed by atoms with E-state index in [-0.39, 0.29) is 12.5 Å². The Morgan fingerprint density at radius 1 is 1.09 bits per heavy atom. The van der Waals surface area contributed by atoms with Crippen LogP contribution in [0.1, 0.15) is 41.5 Å². The topological polar surface area (TPSA) is 53.0 Å². The van der Waals surface area contributed by atoms with Gasteiger partial charge in [0.1, 0.15) is 18.5 Å². The van der Waals surface area contributed by atoms with E-state index in [1.165, 1.54) is 22.3 Å². The van der Waals surface area contributed by atoms with Gasteiger partial charge in [-0.3, -0.25) is 9.69 Å². The third kappa shape index (κ3) is 6.37. The van der Waals surface area contributed by atoms with Crippen molar-refractivity contribution in [1.82, 2.24) is 9.80 Å². The number of aryl methyl sites for hydroxylation is 2. The lowest BCUT2D eigenvalue weighted by atomic mass is 9.96. The van der Waals surface area contributed by atoms with Crippen LogP contribution in [0, 0.1) is 13.8 Å². The Hall–Kier alpha value is -2.89. The number of likely N-dealkylation sites (tertiary alicyclic amines) is 1. The summed E-state index contributed by atoms with van der Waals surface area (Å²) < 4.78 is 5.94. The van der Waals surface area contributed by atoms with Crippen LogP contribution in [0.2, 0.25) is 0 Å². The number of rotatable bonds is 8. The number of hydrogen-bond donors (Lipinski definition) is 1. The van der Waals surface area contributed by atoms with Crippen LogP contribution in [0.25, 0.3) is 11.6 Å². The number of carbonyl (C=O) groups is 1. The molecule has 1 fully saturated rings. The van der Waals surface area contributed by atoms with Gasteiger partial charge in [-0.05, 0) is 67.5 Å². The molecule has 1 unspecified atom stereocenters. The Labute approximate surface area is 203 Å². The van der Waals surface area contributed by atoms with Crippen molar-refractivity contribution in [2.45, 2.75) is 39.2 Å². The van der Waals surface area contributed by atoms with Crippen molar-refractivity contribution in [2.24, 2.45) is 0 Å². The number of hydrogen-bond acceptors (Lipinski definition) is 4. The van der Waals surface area contributed by atoms with E-state index in [0.717, 1.165) is 51.0 Å². The van der Waals surface area contributed by atoms with E-state index in [1.54, 1.807) is 6.08 Å². The van der Waals surface area contributed by atoms with Gasteiger partial charge >= 0.3 is 0 Å². The van der Waals surface area contributed by atoms with Gasteiger partial charge in [0, 0.05) is 44.4 Å². The van der Waals surface area contributed by atoms with Gasteiger partial charge in [-0.25, -0.2) is 0 Å². The molecule has 1 atom stereocenters. The lowest BCUT2D eigenvalue weighted by Crippen LogP contribution is -2.38. The second-order valence-electron chi connectivity index (χ2n) is 9.41. The van der Waals surface area contributed by atoms with Crippen molar-refractivity contribution in [3.63, 3.8) is 0 Å². The van der Waals surface area contributed by atoms with Crippen LogP contribution in [0.5, 0.6) is 5.75 Å². The van der Waals surface area contributed by atoms with Gasteiger partial charge in [-0.1, -0.05) is 42.5 Å². The molecule has 0 aromatic heterocycles. The molecule has 2 aromatic carbocycles. The van der Waals surface area contributed by atoms with Crippen LogP contribution in [0.3, 0.4) is 0 Å². The number of carbonyl (C=O) groups excluding carboxylic acids is 1. The summed E-state index contributed by atoms with van der Waals surface area (Å²) in [5.74, 6) is 0.730. The molecule has 0 saturated carbocycles. The van der Waals surface area contributed by atoms with Gasteiger partial charge in [0.2, 0.25) is 5.91 Å². The fourth-order valence-electron chi connectivity index (χ4n) is 4.57. The second-order valence-corrected chi connectivity index (χ2v) is 9.41. The largest absolute Gasteiger partial charge is 0.490 e. The minimum absolute atomic E-state index is 0.0469. The van der Waals surface area contributed by atoms with Crippen molar-refractivity contribution in [2.75, 3.05) is 39.3 Å². The van der Waals surface area contributed by atoms with Crippen molar-refractivity contribution >= 4 is 17.6 Å². The molecular weight excluding hydrogens is 424 g/mol. The zero-order valence-electron chi connectivity index (χ0n) is 20.4. The molecule has 1 N–H and O–H groups in total. The number of aliphatic hydroxyl groups is 1. The third-order valence-electron chi connectivity index (χ3n) is 6.81. The van der Waals surface area contributed by atoms with E-state index in [1.807, 2.05) is 35.2 Å². The van der Waals surface area contributed by atoms with E-state index >= 15 is 0 Å². The molecule has 1 amide bonds. The molecule has 1 saturated heterocycles. The number of β-amino-alcohol motifs (C(OH)–C–C–N with tert-alkyl or cyclic N) is 1. The number of aliphatic hydroxyl groups excluding tert-OH is 1. The first-order chi connectivity index (χ1) is 16.5. The highest BCUT2D eigenvalue weighted by Crippen LogP contribution is 2.25. The molecule has 4 rings (SSSR count). The van der Waals surface area contributed by atoms with Gasteiger partial charge in [0.25, 0.3) is 0 Å². The number of nitrogens with zero attached hydrogens (tertiary/aromatic N) is 2. The van der Waals surface area contributed by atoms with Crippen molar-refractivity contribution in [1.29, 1.82) is 0 Å². The molecule has 2 aromatic rings. The fourth-order valence-corrected chi connectivity index (χ4v) is 4.57. The summed E-state index contributed by atoms with van der Waals surface area (Å²) in [5.41, 5.74) is 6.18. The van der Waals surface area contributed by atoms with Gasteiger partial charge in [-0.2, -0.15) is 0 Å². The zero-order valence-corrected chi connectivity index (χ0v) is 20.4. The monoisotopic (exact) mass is 460 g/mol. The summed E-state index contributed by atoms with van der Waals surface area (Å²) in [6.45, 7) is 8.52. The Kier molecular flexibility index (Phi) is 8.20. The predicted molar refractivity (Wildman–Crippen MR) is 138 cm³/mol. The van der Waals surface area contributed by atoms with Crippen molar-refractivity contribution in [3.8, 4) is 5.75 Å². The first kappa shape index (κ1) is 24.2. The van der Waals surface area contributed by atoms with E-state index in [9.17, 15) is 9.90 Å². The van der Waals surface area contributed by atoms with Gasteiger partial charge < -0.3 is 14.7 Å². The zero-order chi connectivity index (χ0) is 23.9. The first-order valence-electron chi connectivity index (χ1n) is 12.4. The van der Waals surface area contributed by atoms with Gasteiger partial charge in [0.15, 0.2) is 0 Å². The van der Waals surface area contributed by atoms with Crippen LogP contribution in [-0.4, -0.2) is 66.2 Å². The average Bonchev–Trinajstić information content (AvgIpc) is 3.39. The maximum Gasteiger partial charge on any atom is 0.246 e. The highest BCUT2D eigenvalue weighted by molar-refractivity contribution is 5.92. The van der Waals surface area contributed by atoms with E-state index < -0.39 is 6.10 Å². The number of amides is 1. The van der Waals surface area contributed by atoms with E-state index in [2.05, 4.69) is 43.0 Å². The molecule has 0 aliphatic carbocycles. The molecule has 2 aliphatic rings. The summed E-state index contributed by atoms with van der Waals surface area (Å²) in [4.78, 5) is 16.5. The van der Waals surface area contributed by atoms with Crippen LogP contribution in [0.4, 0.5) is 0 Å². The highest BCUT2D eigenvalue weighted by Gasteiger charge is 2.18. The minimum Gasteiger partial charge on any atom is -0.490 e. The first-order valence-corrected chi connectivity index (χ1v) is 12.4. The molecule has 2 aliphatic heterocycles. The SMILES string of the molecule is Cc1ccc(C2=CCN(CC(O)COc3ccccc3C=CC(=O)N3CCCC3)CC2)cc1C. The summed E-state index contributed by atoms with van der Waals surface area (Å²) in [7, 11) is 0. The highest BCUT2D eigenvalue weighted by atomic mass is 16.5. The Bertz CT molecular complexity index is 1050. The fraction of sp³-hybridized carbons (Fsp3) is 0.414. The molecule has 180 valence electrons. The summed E-state index contributed by atoms with van der Waals surface area (Å²) >= 11 is 0. The molecule has 0 spiro atoms. The summed E-state index contributed by atoms with van der Waals surface area (Å²) in [5, 5.41) is 10.6. The van der Waals surface area contributed by atoms with E-state index in [0.29, 0.717) is 12.3 Å². The quantitative estimate of drug-likeness (QED) is 0.591. The Morgan fingerprint density at radius 2 is 1.88 bits per heavy atom. The minimum atomic E-state index is -0.583. The van der Waals surface area contributed by atoms with Crippen molar-refractivity contribution in [3.05, 3.63) is 76.9 Å². The molecule has 5 nitrogen and oxygen atoms in total. The van der Waals surface area contributed by atoms with Crippen LogP contribution >= 0.6 is 0 Å². The predicted octanol–water partition coefficient (Wildman–Crippen LogP) is 4.47. The summed E-state index contributed by atoms with van der Waals surface area (Å²) in [6.07, 6.45) is 8.27. The molecule has 2 heterocycles. The van der Waals surface area contributed by atoms with Crippen LogP contribution in [-0.2, 0) is 4.79 Å². The number of ether oxygens (including phenoxy) is 1. The normalized spacial score (nSPS) is 17.7. The van der Waals surface area contributed by atoms with Crippen molar-refractivity contribution < 1.29 is 14.6 Å². The number of para-hydroxylation sites is 1. The van der Waals surface area contributed by atoms with E-state index in [4.69, 9.17) is 4.74 Å². The van der Waals surface area contributed by atoms with Gasteiger partial charge in [0.05, 0.1) is 0 Å². The number of benzene rings is 2. The van der Waals surface area contributed by atoms with Crippen LogP contribution in [0.15, 0.2) is 54.6 Å². The molecule has 0 radical (unpaired) electrons. The second kappa shape index (κ2) is 11.5. The summed E-state index contributed by atoms with van der Waals surface area (Å²) in [6, 6.07) is 14.3. The maximum absolute atomic E-state index is 12.3. The molecule has 5 heteroatoms. The molecule has 0 bridgehead atoms. The van der Waals surface area contributed by atoms with Crippen LogP contribution < -0.4 is 4.74 Å². The molecule has 34 heavy (non-hydrogen) atoms. The third-order valence-corrected chi connectivity index (χ3v) is 6.81. The lowest BCUT2D eigenvalue weighted by Gasteiger charge is -2.28. The standard InChI is InChI=1S/C29H36N2O3/c1-22-9-10-26(19-23(22)2)24-13-17-30(18-14-24)20-27(32)21-34-28-8-4-3-7-25(28)11-12-29(33)31-15-5-6-16-31/h3-4,7-13,19,27,32H,5-6,14-18,20-21H2,1-2H3. The Balaban J connectivity index is 1.27. The maximum atomic E-state index is 12.3.